The molecule has 6 nitrogen and oxygen atoms in total. The molecule has 0 radical (unpaired) electrons. The van der Waals surface area contributed by atoms with E-state index in [1.54, 1.807) is 6.07 Å². The van der Waals surface area contributed by atoms with Crippen LogP contribution in [-0.4, -0.2) is 50.9 Å². The van der Waals surface area contributed by atoms with Gasteiger partial charge in [-0.25, -0.2) is 4.98 Å². The second-order valence-corrected chi connectivity index (χ2v) is 7.91. The van der Waals surface area contributed by atoms with Crippen LogP contribution in [0.1, 0.15) is 29.2 Å². The first kappa shape index (κ1) is 18.0. The largest absolute Gasteiger partial charge is 0.492 e. The highest BCUT2D eigenvalue weighted by Crippen LogP contribution is 2.41. The highest BCUT2D eigenvalue weighted by Gasteiger charge is 2.31. The Labute approximate surface area is 164 Å². The van der Waals surface area contributed by atoms with Crippen molar-refractivity contribution in [3.8, 4) is 5.88 Å². The number of thiazole rings is 1. The lowest BCUT2D eigenvalue weighted by molar-refractivity contribution is 0.0241. The lowest BCUT2D eigenvalue weighted by Gasteiger charge is -2.34. The first-order chi connectivity index (χ1) is 12.6. The van der Waals surface area contributed by atoms with Gasteiger partial charge in [-0.1, -0.05) is 47.5 Å². The van der Waals surface area contributed by atoms with Gasteiger partial charge in [-0.15, -0.1) is 5.10 Å². The second kappa shape index (κ2) is 7.32. The van der Waals surface area contributed by atoms with Gasteiger partial charge in [0.15, 0.2) is 5.82 Å². The quantitative estimate of drug-likeness (QED) is 0.705. The average Bonchev–Trinajstić information content (AvgIpc) is 3.19. The molecule has 0 bridgehead atoms. The molecule has 0 amide bonds. The highest BCUT2D eigenvalue weighted by atomic mass is 35.5. The van der Waals surface area contributed by atoms with E-state index in [0.29, 0.717) is 28.2 Å². The summed E-state index contributed by atoms with van der Waals surface area (Å²) in [6.07, 6.45) is 0.725. The van der Waals surface area contributed by atoms with E-state index in [4.69, 9.17) is 27.9 Å². The number of nitrogens with zero attached hydrogens (tertiary/aromatic N) is 4. The number of halogens is 2. The number of hydrogen-bond donors (Lipinski definition) is 1. The summed E-state index contributed by atoms with van der Waals surface area (Å²) in [5.74, 6) is 0.843. The van der Waals surface area contributed by atoms with Gasteiger partial charge in [0.1, 0.15) is 0 Å². The lowest BCUT2D eigenvalue weighted by atomic mass is 10.0. The Morgan fingerprint density at radius 2 is 2.04 bits per heavy atom. The molecular weight excluding hydrogens is 395 g/mol. The maximum atomic E-state index is 10.8. The molecule has 1 aliphatic rings. The number of fused-ring (bicyclic) bond motifs is 1. The Bertz CT molecular complexity index is 936. The smallest absolute Gasteiger partial charge is 0.230 e. The van der Waals surface area contributed by atoms with E-state index < -0.39 is 0 Å². The van der Waals surface area contributed by atoms with Gasteiger partial charge in [-0.3, -0.25) is 4.90 Å². The van der Waals surface area contributed by atoms with Crippen LogP contribution < -0.4 is 0 Å². The maximum absolute atomic E-state index is 10.8. The topological polar surface area (TPSA) is 62.9 Å². The third kappa shape index (κ3) is 3.18. The van der Waals surface area contributed by atoms with Crippen LogP contribution in [0.4, 0.5) is 0 Å². The molecule has 3 aromatic rings. The summed E-state index contributed by atoms with van der Waals surface area (Å²) >= 11 is 13.8. The van der Waals surface area contributed by atoms with Crippen LogP contribution in [0.15, 0.2) is 18.2 Å². The predicted octanol–water partition coefficient (Wildman–Crippen LogP) is 3.79. The summed E-state index contributed by atoms with van der Waals surface area (Å²) in [6.45, 7) is 4.82. The summed E-state index contributed by atoms with van der Waals surface area (Å²) in [6, 6.07) is 5.43. The SMILES string of the molecule is CCc1nc2sc([C@@H](c3ccc(Cl)c(Cl)c3)N3CCOCC3)c(O)n2n1. The van der Waals surface area contributed by atoms with E-state index in [0.717, 1.165) is 35.8 Å². The fourth-order valence-electron chi connectivity index (χ4n) is 3.16. The van der Waals surface area contributed by atoms with Crippen molar-refractivity contribution in [2.45, 2.75) is 19.4 Å². The molecule has 0 saturated carbocycles. The zero-order valence-electron chi connectivity index (χ0n) is 14.2. The third-order valence-corrected chi connectivity index (χ3v) is 6.29. The summed E-state index contributed by atoms with van der Waals surface area (Å²) in [5.41, 5.74) is 0.969. The number of aromatic hydroxyl groups is 1. The molecule has 1 N–H and O–H groups in total. The number of aromatic nitrogens is 3. The maximum Gasteiger partial charge on any atom is 0.230 e. The number of benzene rings is 1. The minimum atomic E-state index is -0.160. The molecule has 1 aromatic carbocycles. The summed E-state index contributed by atoms with van der Waals surface area (Å²) in [7, 11) is 0. The monoisotopic (exact) mass is 412 g/mol. The molecule has 0 spiro atoms. The van der Waals surface area contributed by atoms with Crippen LogP contribution in [0, 0.1) is 0 Å². The first-order valence-corrected chi connectivity index (χ1v) is 9.99. The van der Waals surface area contributed by atoms with Crippen LogP contribution in [-0.2, 0) is 11.2 Å². The molecule has 9 heteroatoms. The van der Waals surface area contributed by atoms with E-state index in [9.17, 15) is 5.11 Å². The molecule has 0 unspecified atom stereocenters. The van der Waals surface area contributed by atoms with Crippen molar-refractivity contribution in [3.63, 3.8) is 0 Å². The van der Waals surface area contributed by atoms with Crippen LogP contribution in [0.2, 0.25) is 10.0 Å². The second-order valence-electron chi connectivity index (χ2n) is 6.09. The molecule has 1 aliphatic heterocycles. The minimum absolute atomic E-state index is 0.125. The van der Waals surface area contributed by atoms with Gasteiger partial charge in [-0.05, 0) is 17.7 Å². The van der Waals surface area contributed by atoms with Crippen molar-refractivity contribution >= 4 is 39.5 Å². The van der Waals surface area contributed by atoms with Gasteiger partial charge in [0, 0.05) is 19.5 Å². The highest BCUT2D eigenvalue weighted by molar-refractivity contribution is 7.17. The Morgan fingerprint density at radius 1 is 1.27 bits per heavy atom. The predicted molar refractivity (Wildman–Crippen MR) is 103 cm³/mol. The van der Waals surface area contributed by atoms with Gasteiger partial charge >= 0.3 is 0 Å². The molecule has 26 heavy (non-hydrogen) atoms. The van der Waals surface area contributed by atoms with Crippen molar-refractivity contribution in [1.29, 1.82) is 0 Å². The molecular formula is C17H18Cl2N4O2S. The van der Waals surface area contributed by atoms with Crippen molar-refractivity contribution < 1.29 is 9.84 Å². The molecule has 3 heterocycles. The fourth-order valence-corrected chi connectivity index (χ4v) is 4.61. The van der Waals surface area contributed by atoms with E-state index in [2.05, 4.69) is 15.0 Å². The van der Waals surface area contributed by atoms with Crippen LogP contribution >= 0.6 is 34.5 Å². The zero-order valence-corrected chi connectivity index (χ0v) is 16.5. The zero-order chi connectivity index (χ0) is 18.3. The van der Waals surface area contributed by atoms with Crippen molar-refractivity contribution in [1.82, 2.24) is 19.5 Å². The Balaban J connectivity index is 1.83. The number of ether oxygens (including phenoxy) is 1. The van der Waals surface area contributed by atoms with Gasteiger partial charge in [-0.2, -0.15) is 4.52 Å². The molecule has 1 saturated heterocycles. The number of rotatable bonds is 4. The minimum Gasteiger partial charge on any atom is -0.492 e. The Kier molecular flexibility index (Phi) is 5.07. The molecule has 4 rings (SSSR count). The normalized spacial score (nSPS) is 17.0. The fraction of sp³-hybridized carbons (Fsp3) is 0.412. The number of aryl methyl sites for hydroxylation is 1. The Hall–Kier alpha value is -1.38. The van der Waals surface area contributed by atoms with Crippen molar-refractivity contribution in [2.24, 2.45) is 0 Å². The van der Waals surface area contributed by atoms with Gasteiger partial charge in [0.25, 0.3) is 0 Å². The van der Waals surface area contributed by atoms with E-state index in [1.165, 1.54) is 15.9 Å². The molecule has 1 fully saturated rings. The summed E-state index contributed by atoms with van der Waals surface area (Å²) in [4.78, 5) is 8.24. The molecule has 2 aromatic heterocycles. The van der Waals surface area contributed by atoms with E-state index >= 15 is 0 Å². The van der Waals surface area contributed by atoms with Crippen molar-refractivity contribution in [2.75, 3.05) is 26.3 Å². The number of hydrogen-bond acceptors (Lipinski definition) is 6. The van der Waals surface area contributed by atoms with Gasteiger partial charge in [0.2, 0.25) is 10.8 Å². The first-order valence-electron chi connectivity index (χ1n) is 8.42. The van der Waals surface area contributed by atoms with Crippen LogP contribution in [0.5, 0.6) is 5.88 Å². The van der Waals surface area contributed by atoms with Crippen LogP contribution in [0.25, 0.3) is 4.96 Å². The lowest BCUT2D eigenvalue weighted by Crippen LogP contribution is -2.39. The molecule has 138 valence electrons. The van der Waals surface area contributed by atoms with Crippen molar-refractivity contribution in [3.05, 3.63) is 44.5 Å². The van der Waals surface area contributed by atoms with Gasteiger partial charge < -0.3 is 9.84 Å². The average molecular weight is 413 g/mol. The summed E-state index contributed by atoms with van der Waals surface area (Å²) < 4.78 is 7.01. The standard InChI is InChI=1S/C17H18Cl2N4O2S/c1-2-13-20-17-23(21-13)16(24)15(26-17)14(22-5-7-25-8-6-22)10-3-4-11(18)12(19)9-10/h3-4,9,14,24H,2,5-8H2,1H3/t14-/m1/s1. The van der Waals surface area contributed by atoms with E-state index in [-0.39, 0.29) is 11.9 Å². The molecule has 1 atom stereocenters. The van der Waals surface area contributed by atoms with Gasteiger partial charge in [0.05, 0.1) is 34.2 Å². The third-order valence-electron chi connectivity index (χ3n) is 4.48. The number of morpholine rings is 1. The van der Waals surface area contributed by atoms with Crippen LogP contribution in [0.3, 0.4) is 0 Å². The van der Waals surface area contributed by atoms with E-state index in [1.807, 2.05) is 19.1 Å². The Morgan fingerprint density at radius 3 is 2.69 bits per heavy atom. The summed E-state index contributed by atoms with van der Waals surface area (Å²) in [5, 5.41) is 16.2. The molecule has 0 aliphatic carbocycles.